The number of nitrogens with zero attached hydrogens (tertiary/aromatic N) is 5. The van der Waals surface area contributed by atoms with Crippen LogP contribution >= 0.6 is 0 Å². The third kappa shape index (κ3) is 3.72. The highest BCUT2D eigenvalue weighted by Gasteiger charge is 2.32. The molecule has 2 heterocycles. The van der Waals surface area contributed by atoms with E-state index in [9.17, 15) is 18.4 Å². The number of benzene rings is 1. The SMILES string of the molecule is CN(c1ccncn1)C1CCCN(c2ccc(C(F)(F)F)cc2C#N)C1. The quantitative estimate of drug-likeness (QED) is 0.838. The summed E-state index contributed by atoms with van der Waals surface area (Å²) in [5.41, 5.74) is -0.212. The highest BCUT2D eigenvalue weighted by Crippen LogP contribution is 2.34. The molecule has 3 rings (SSSR count). The van der Waals surface area contributed by atoms with E-state index in [0.717, 1.165) is 30.8 Å². The standard InChI is InChI=1S/C18H18F3N5/c1-25(17-6-7-23-12-24-17)15-3-2-8-26(11-15)16-5-4-14(18(19,20)21)9-13(16)10-22/h4-7,9,12,15H,2-3,8,11H2,1H3. The third-order valence-electron chi connectivity index (χ3n) is 4.66. The van der Waals surface area contributed by atoms with Crippen LogP contribution in [0, 0.1) is 11.3 Å². The van der Waals surface area contributed by atoms with E-state index in [2.05, 4.69) is 9.97 Å². The molecule has 0 bridgehead atoms. The topological polar surface area (TPSA) is 56.1 Å². The Morgan fingerprint density at radius 3 is 2.77 bits per heavy atom. The van der Waals surface area contributed by atoms with Gasteiger partial charge in [0, 0.05) is 32.4 Å². The van der Waals surface area contributed by atoms with Gasteiger partial charge in [0.2, 0.25) is 0 Å². The van der Waals surface area contributed by atoms with Gasteiger partial charge in [0.05, 0.1) is 16.8 Å². The number of halogens is 3. The van der Waals surface area contributed by atoms with Gasteiger partial charge in [0.15, 0.2) is 0 Å². The third-order valence-corrected chi connectivity index (χ3v) is 4.66. The van der Waals surface area contributed by atoms with Gasteiger partial charge < -0.3 is 9.80 Å². The first-order valence-corrected chi connectivity index (χ1v) is 8.25. The highest BCUT2D eigenvalue weighted by molar-refractivity contribution is 5.61. The Morgan fingerprint density at radius 1 is 1.31 bits per heavy atom. The number of likely N-dealkylation sites (N-methyl/N-ethyl adjacent to an activating group) is 1. The van der Waals surface area contributed by atoms with Gasteiger partial charge in [0.25, 0.3) is 0 Å². The maximum absolute atomic E-state index is 12.9. The van der Waals surface area contributed by atoms with Gasteiger partial charge in [0.1, 0.15) is 18.2 Å². The molecule has 1 atom stereocenters. The fraction of sp³-hybridized carbons (Fsp3) is 0.389. The highest BCUT2D eigenvalue weighted by atomic mass is 19.4. The molecular formula is C18H18F3N5. The molecule has 0 N–H and O–H groups in total. The number of piperidine rings is 1. The molecule has 1 aliphatic heterocycles. The summed E-state index contributed by atoms with van der Waals surface area (Å²) in [6.45, 7) is 1.31. The van der Waals surface area contributed by atoms with Gasteiger partial charge in [-0.1, -0.05) is 0 Å². The van der Waals surface area contributed by atoms with Crippen molar-refractivity contribution in [2.75, 3.05) is 29.9 Å². The normalized spacial score (nSPS) is 17.7. The molecular weight excluding hydrogens is 343 g/mol. The Labute approximate surface area is 149 Å². The second kappa shape index (κ2) is 7.20. The van der Waals surface area contributed by atoms with Crippen molar-refractivity contribution in [3.63, 3.8) is 0 Å². The molecule has 136 valence electrons. The minimum Gasteiger partial charge on any atom is -0.368 e. The molecule has 1 aliphatic rings. The van der Waals surface area contributed by atoms with E-state index in [1.54, 1.807) is 6.20 Å². The Kier molecular flexibility index (Phi) is 4.98. The summed E-state index contributed by atoms with van der Waals surface area (Å²) in [4.78, 5) is 12.2. The van der Waals surface area contributed by atoms with E-state index in [4.69, 9.17) is 0 Å². The predicted octanol–water partition coefficient (Wildman–Crippen LogP) is 3.47. The minimum absolute atomic E-state index is 0.0464. The summed E-state index contributed by atoms with van der Waals surface area (Å²) >= 11 is 0. The lowest BCUT2D eigenvalue weighted by Gasteiger charge is -2.39. The zero-order chi connectivity index (χ0) is 18.7. The zero-order valence-corrected chi connectivity index (χ0v) is 14.2. The van der Waals surface area contributed by atoms with Gasteiger partial charge in [-0.3, -0.25) is 0 Å². The molecule has 1 fully saturated rings. The van der Waals surface area contributed by atoms with Crippen LogP contribution in [0.2, 0.25) is 0 Å². The van der Waals surface area contributed by atoms with Crippen LogP contribution in [0.15, 0.2) is 36.8 Å². The summed E-state index contributed by atoms with van der Waals surface area (Å²) in [5, 5.41) is 9.32. The molecule has 0 saturated carbocycles. The van der Waals surface area contributed by atoms with Crippen molar-refractivity contribution >= 4 is 11.5 Å². The van der Waals surface area contributed by atoms with Gasteiger partial charge in [-0.15, -0.1) is 0 Å². The molecule has 1 saturated heterocycles. The van der Waals surface area contributed by atoms with E-state index in [-0.39, 0.29) is 11.6 Å². The van der Waals surface area contributed by atoms with Gasteiger partial charge >= 0.3 is 6.18 Å². The van der Waals surface area contributed by atoms with Crippen LogP contribution in [-0.4, -0.2) is 36.1 Å². The van der Waals surface area contributed by atoms with Crippen LogP contribution in [0.25, 0.3) is 0 Å². The fourth-order valence-electron chi connectivity index (χ4n) is 3.25. The van der Waals surface area contributed by atoms with E-state index in [1.165, 1.54) is 12.4 Å². The van der Waals surface area contributed by atoms with Gasteiger partial charge in [-0.2, -0.15) is 18.4 Å². The van der Waals surface area contributed by atoms with Crippen LogP contribution in [0.3, 0.4) is 0 Å². The molecule has 5 nitrogen and oxygen atoms in total. The predicted molar refractivity (Wildman–Crippen MR) is 91.8 cm³/mol. The molecule has 0 amide bonds. The van der Waals surface area contributed by atoms with Crippen molar-refractivity contribution in [1.82, 2.24) is 9.97 Å². The summed E-state index contributed by atoms with van der Waals surface area (Å²) in [6.07, 6.45) is 0.520. The molecule has 0 radical (unpaired) electrons. The molecule has 0 aliphatic carbocycles. The van der Waals surface area contributed by atoms with E-state index in [0.29, 0.717) is 18.8 Å². The van der Waals surface area contributed by atoms with Crippen molar-refractivity contribution in [3.05, 3.63) is 47.9 Å². The molecule has 0 spiro atoms. The summed E-state index contributed by atoms with van der Waals surface area (Å²) in [5.74, 6) is 0.791. The Hall–Kier alpha value is -2.82. The minimum atomic E-state index is -4.46. The van der Waals surface area contributed by atoms with Crippen LogP contribution in [0.5, 0.6) is 0 Å². The van der Waals surface area contributed by atoms with Gasteiger partial charge in [-0.05, 0) is 37.1 Å². The number of nitriles is 1. The lowest BCUT2D eigenvalue weighted by Crippen LogP contribution is -2.47. The fourth-order valence-corrected chi connectivity index (χ4v) is 3.25. The molecule has 1 aromatic carbocycles. The Balaban J connectivity index is 1.83. The zero-order valence-electron chi connectivity index (χ0n) is 14.2. The van der Waals surface area contributed by atoms with Crippen LogP contribution in [0.4, 0.5) is 24.7 Å². The Bertz CT molecular complexity index is 801. The average Bonchev–Trinajstić information content (AvgIpc) is 2.67. The second-order valence-corrected chi connectivity index (χ2v) is 6.26. The second-order valence-electron chi connectivity index (χ2n) is 6.26. The van der Waals surface area contributed by atoms with Crippen molar-refractivity contribution in [3.8, 4) is 6.07 Å². The molecule has 8 heteroatoms. The maximum atomic E-state index is 12.9. The molecule has 1 unspecified atom stereocenters. The lowest BCUT2D eigenvalue weighted by atomic mass is 10.0. The first kappa shape index (κ1) is 18.0. The number of hydrogen-bond acceptors (Lipinski definition) is 5. The Morgan fingerprint density at radius 2 is 2.12 bits per heavy atom. The number of aromatic nitrogens is 2. The van der Waals surface area contributed by atoms with Crippen molar-refractivity contribution in [1.29, 1.82) is 5.26 Å². The van der Waals surface area contributed by atoms with Crippen molar-refractivity contribution in [2.24, 2.45) is 0 Å². The van der Waals surface area contributed by atoms with Gasteiger partial charge in [-0.25, -0.2) is 9.97 Å². The van der Waals surface area contributed by atoms with Crippen LogP contribution in [0.1, 0.15) is 24.0 Å². The maximum Gasteiger partial charge on any atom is 0.416 e. The van der Waals surface area contributed by atoms with E-state index < -0.39 is 11.7 Å². The largest absolute Gasteiger partial charge is 0.416 e. The molecule has 26 heavy (non-hydrogen) atoms. The number of anilines is 2. The number of alkyl halides is 3. The summed E-state index contributed by atoms with van der Waals surface area (Å²) in [6, 6.07) is 7.22. The number of rotatable bonds is 3. The van der Waals surface area contributed by atoms with Crippen LogP contribution in [-0.2, 0) is 6.18 Å². The first-order valence-electron chi connectivity index (χ1n) is 8.25. The molecule has 1 aromatic heterocycles. The van der Waals surface area contributed by atoms with Crippen molar-refractivity contribution < 1.29 is 13.2 Å². The lowest BCUT2D eigenvalue weighted by molar-refractivity contribution is -0.137. The average molecular weight is 361 g/mol. The first-order chi connectivity index (χ1) is 12.4. The van der Waals surface area contributed by atoms with Crippen molar-refractivity contribution in [2.45, 2.75) is 25.1 Å². The van der Waals surface area contributed by atoms with Crippen LogP contribution < -0.4 is 9.80 Å². The summed E-state index contributed by atoms with van der Waals surface area (Å²) < 4.78 is 38.7. The smallest absolute Gasteiger partial charge is 0.368 e. The van der Waals surface area contributed by atoms with E-state index in [1.807, 2.05) is 29.0 Å². The summed E-state index contributed by atoms with van der Waals surface area (Å²) in [7, 11) is 1.94. The number of hydrogen-bond donors (Lipinski definition) is 0. The molecule has 2 aromatic rings. The van der Waals surface area contributed by atoms with E-state index >= 15 is 0 Å². The monoisotopic (exact) mass is 361 g/mol.